The lowest BCUT2D eigenvalue weighted by molar-refractivity contribution is 0.0954. The van der Waals surface area contributed by atoms with E-state index in [9.17, 15) is 4.79 Å². The van der Waals surface area contributed by atoms with E-state index in [0.717, 1.165) is 5.56 Å². The molecule has 0 radical (unpaired) electrons. The molecule has 0 unspecified atom stereocenters. The van der Waals surface area contributed by atoms with Crippen LogP contribution in [0.4, 0.5) is 5.69 Å². The number of benzene rings is 1. The van der Waals surface area contributed by atoms with Crippen molar-refractivity contribution in [3.63, 3.8) is 0 Å². The minimum absolute atomic E-state index is 0.151. The van der Waals surface area contributed by atoms with Crippen molar-refractivity contribution in [1.29, 1.82) is 0 Å². The number of anilines is 1. The average Bonchev–Trinajstić information content (AvgIpc) is 2.90. The Hall–Kier alpha value is -2.08. The van der Waals surface area contributed by atoms with Gasteiger partial charge >= 0.3 is 0 Å². The largest absolute Gasteiger partial charge is 0.496 e. The van der Waals surface area contributed by atoms with Gasteiger partial charge in [-0.15, -0.1) is 11.3 Å². The smallest absolute Gasteiger partial charge is 0.263 e. The van der Waals surface area contributed by atoms with Gasteiger partial charge in [0, 0.05) is 17.8 Å². The summed E-state index contributed by atoms with van der Waals surface area (Å²) in [5.41, 5.74) is 8.81. The van der Waals surface area contributed by atoms with Crippen LogP contribution in [0, 0.1) is 0 Å². The lowest BCUT2D eigenvalue weighted by Crippen LogP contribution is -2.22. The van der Waals surface area contributed by atoms with Crippen LogP contribution in [0.25, 0.3) is 0 Å². The molecule has 0 saturated heterocycles. The molecule has 1 amide bonds. The highest BCUT2D eigenvalue weighted by Crippen LogP contribution is 2.20. The zero-order chi connectivity index (χ0) is 13.0. The number of methoxy groups -OCH3 is 1. The van der Waals surface area contributed by atoms with Gasteiger partial charge in [0.15, 0.2) is 0 Å². The molecule has 6 heteroatoms. The van der Waals surface area contributed by atoms with Crippen molar-refractivity contribution in [2.24, 2.45) is 0 Å². The SMILES string of the molecule is COc1ccc(N)cc1CNC(=O)c1cncs1. The first-order valence-corrected chi connectivity index (χ1v) is 6.17. The fraction of sp³-hybridized carbons (Fsp3) is 0.167. The van der Waals surface area contributed by atoms with Gasteiger partial charge in [0.25, 0.3) is 5.91 Å². The van der Waals surface area contributed by atoms with Crippen LogP contribution >= 0.6 is 11.3 Å². The standard InChI is InChI=1S/C12H13N3O2S/c1-17-10-3-2-9(13)4-8(10)5-15-12(16)11-6-14-7-18-11/h2-4,6-7H,5,13H2,1H3,(H,15,16). The van der Waals surface area contributed by atoms with Crippen molar-refractivity contribution in [2.45, 2.75) is 6.54 Å². The van der Waals surface area contributed by atoms with Gasteiger partial charge in [-0.3, -0.25) is 9.78 Å². The summed E-state index contributed by atoms with van der Waals surface area (Å²) in [7, 11) is 1.58. The molecule has 3 N–H and O–H groups in total. The molecule has 0 bridgehead atoms. The number of carbonyl (C=O) groups is 1. The van der Waals surface area contributed by atoms with E-state index in [0.29, 0.717) is 22.9 Å². The van der Waals surface area contributed by atoms with E-state index < -0.39 is 0 Å². The van der Waals surface area contributed by atoms with Gasteiger partial charge in [0.2, 0.25) is 0 Å². The molecule has 2 rings (SSSR count). The van der Waals surface area contributed by atoms with E-state index in [-0.39, 0.29) is 5.91 Å². The van der Waals surface area contributed by atoms with Gasteiger partial charge in [-0.2, -0.15) is 0 Å². The first-order chi connectivity index (χ1) is 8.70. The zero-order valence-corrected chi connectivity index (χ0v) is 10.7. The molecule has 5 nitrogen and oxygen atoms in total. The Morgan fingerprint density at radius 2 is 2.39 bits per heavy atom. The number of nitrogens with one attached hydrogen (secondary N) is 1. The Morgan fingerprint density at radius 3 is 3.06 bits per heavy atom. The average molecular weight is 263 g/mol. The molecule has 0 aliphatic rings. The third-order valence-electron chi connectivity index (χ3n) is 2.40. The minimum Gasteiger partial charge on any atom is -0.496 e. The molecule has 18 heavy (non-hydrogen) atoms. The molecule has 0 saturated carbocycles. The van der Waals surface area contributed by atoms with Gasteiger partial charge in [-0.05, 0) is 18.2 Å². The van der Waals surface area contributed by atoms with Crippen LogP contribution in [0.15, 0.2) is 29.9 Å². The number of aromatic nitrogens is 1. The van der Waals surface area contributed by atoms with Gasteiger partial charge < -0.3 is 15.8 Å². The maximum absolute atomic E-state index is 11.8. The number of amides is 1. The highest BCUT2D eigenvalue weighted by atomic mass is 32.1. The number of rotatable bonds is 4. The molecule has 1 heterocycles. The third kappa shape index (κ3) is 2.78. The summed E-state index contributed by atoms with van der Waals surface area (Å²) in [6.45, 7) is 0.366. The fourth-order valence-corrected chi connectivity index (χ4v) is 2.06. The second kappa shape index (κ2) is 5.50. The van der Waals surface area contributed by atoms with Crippen molar-refractivity contribution < 1.29 is 9.53 Å². The van der Waals surface area contributed by atoms with E-state index >= 15 is 0 Å². The first kappa shape index (κ1) is 12.4. The van der Waals surface area contributed by atoms with E-state index in [1.165, 1.54) is 17.5 Å². The van der Waals surface area contributed by atoms with E-state index in [1.54, 1.807) is 30.8 Å². The van der Waals surface area contributed by atoms with E-state index in [2.05, 4.69) is 10.3 Å². The number of thiazole rings is 1. The van der Waals surface area contributed by atoms with Gasteiger partial charge in [0.05, 0.1) is 18.8 Å². The van der Waals surface area contributed by atoms with Crippen LogP contribution in [0.5, 0.6) is 5.75 Å². The van der Waals surface area contributed by atoms with Crippen LogP contribution in [0.1, 0.15) is 15.2 Å². The van der Waals surface area contributed by atoms with Crippen LogP contribution in [0.2, 0.25) is 0 Å². The second-order valence-electron chi connectivity index (χ2n) is 3.62. The molecule has 2 aromatic rings. The predicted octanol–water partition coefficient (Wildman–Crippen LogP) is 1.66. The number of nitrogens with zero attached hydrogens (tertiary/aromatic N) is 1. The Balaban J connectivity index is 2.06. The predicted molar refractivity (Wildman–Crippen MR) is 70.7 cm³/mol. The summed E-state index contributed by atoms with van der Waals surface area (Å²) in [6.07, 6.45) is 1.54. The Kier molecular flexibility index (Phi) is 3.78. The van der Waals surface area contributed by atoms with Crippen molar-refractivity contribution in [3.8, 4) is 5.75 Å². The summed E-state index contributed by atoms with van der Waals surface area (Å²) >= 11 is 1.30. The number of ether oxygens (including phenoxy) is 1. The molecule has 0 spiro atoms. The van der Waals surface area contributed by atoms with Crippen LogP contribution in [-0.2, 0) is 6.54 Å². The summed E-state index contributed by atoms with van der Waals surface area (Å²) in [4.78, 5) is 16.2. The Morgan fingerprint density at radius 1 is 1.56 bits per heavy atom. The van der Waals surface area contributed by atoms with E-state index in [1.807, 2.05) is 0 Å². The summed E-state index contributed by atoms with van der Waals surface area (Å²) < 4.78 is 5.21. The number of nitrogens with two attached hydrogens (primary N) is 1. The first-order valence-electron chi connectivity index (χ1n) is 5.30. The Labute approximate surface area is 109 Å². The maximum Gasteiger partial charge on any atom is 0.263 e. The highest BCUT2D eigenvalue weighted by molar-refractivity contribution is 7.11. The number of carbonyl (C=O) groups excluding carboxylic acids is 1. The Bertz CT molecular complexity index is 540. The summed E-state index contributed by atoms with van der Waals surface area (Å²) in [5, 5.41) is 2.80. The fourth-order valence-electron chi connectivity index (χ4n) is 1.53. The lowest BCUT2D eigenvalue weighted by Gasteiger charge is -2.10. The molecule has 0 fully saturated rings. The molecule has 1 aromatic heterocycles. The molecular weight excluding hydrogens is 250 g/mol. The van der Waals surface area contributed by atoms with Crippen LogP contribution < -0.4 is 15.8 Å². The lowest BCUT2D eigenvalue weighted by atomic mass is 10.1. The molecule has 94 valence electrons. The van der Waals surface area contributed by atoms with Crippen molar-refractivity contribution in [2.75, 3.05) is 12.8 Å². The van der Waals surface area contributed by atoms with Gasteiger partial charge in [-0.25, -0.2) is 0 Å². The quantitative estimate of drug-likeness (QED) is 0.822. The van der Waals surface area contributed by atoms with Gasteiger partial charge in [0.1, 0.15) is 10.6 Å². The highest BCUT2D eigenvalue weighted by Gasteiger charge is 2.09. The summed E-state index contributed by atoms with van der Waals surface area (Å²) in [6, 6.07) is 5.32. The van der Waals surface area contributed by atoms with Crippen LogP contribution in [-0.4, -0.2) is 18.0 Å². The van der Waals surface area contributed by atoms with E-state index in [4.69, 9.17) is 10.5 Å². The zero-order valence-electron chi connectivity index (χ0n) is 9.84. The molecule has 0 aliphatic heterocycles. The summed E-state index contributed by atoms with van der Waals surface area (Å²) in [5.74, 6) is 0.552. The molecule has 0 aliphatic carbocycles. The minimum atomic E-state index is -0.151. The number of nitrogen functional groups attached to an aromatic ring is 1. The van der Waals surface area contributed by atoms with Gasteiger partial charge in [-0.1, -0.05) is 0 Å². The topological polar surface area (TPSA) is 77.2 Å². The molecule has 0 atom stereocenters. The number of hydrogen-bond acceptors (Lipinski definition) is 5. The molecule has 1 aromatic carbocycles. The van der Waals surface area contributed by atoms with Crippen molar-refractivity contribution >= 4 is 22.9 Å². The van der Waals surface area contributed by atoms with Crippen molar-refractivity contribution in [1.82, 2.24) is 10.3 Å². The second-order valence-corrected chi connectivity index (χ2v) is 4.51. The number of hydrogen-bond donors (Lipinski definition) is 2. The molecular formula is C12H13N3O2S. The maximum atomic E-state index is 11.8. The third-order valence-corrected chi connectivity index (χ3v) is 3.17. The van der Waals surface area contributed by atoms with Crippen LogP contribution in [0.3, 0.4) is 0 Å². The monoisotopic (exact) mass is 263 g/mol. The van der Waals surface area contributed by atoms with Crippen molar-refractivity contribution in [3.05, 3.63) is 40.3 Å². The normalized spacial score (nSPS) is 10.1.